The molecule has 0 spiro atoms. The minimum absolute atomic E-state index is 0.0819. The van der Waals surface area contributed by atoms with Gasteiger partial charge in [-0.15, -0.1) is 0 Å². The van der Waals surface area contributed by atoms with Crippen molar-refractivity contribution in [2.24, 2.45) is 21.7 Å². The number of hydrogen-bond donors (Lipinski definition) is 0. The Hall–Kier alpha value is -4.81. The molecule has 0 N–H and O–H groups in total. The summed E-state index contributed by atoms with van der Waals surface area (Å²) in [6.45, 7) is 35.4. The highest BCUT2D eigenvalue weighted by atomic mass is 16.5. The molecule has 332 valence electrons. The molecule has 61 heavy (non-hydrogen) atoms. The van der Waals surface area contributed by atoms with Crippen molar-refractivity contribution in [1.82, 2.24) is 9.97 Å². The van der Waals surface area contributed by atoms with Gasteiger partial charge in [0, 0.05) is 46.0 Å². The van der Waals surface area contributed by atoms with Crippen LogP contribution in [0.3, 0.4) is 0 Å². The maximum Gasteiger partial charge on any atom is 0.186 e. The van der Waals surface area contributed by atoms with Gasteiger partial charge in [-0.1, -0.05) is 166 Å². The van der Waals surface area contributed by atoms with Gasteiger partial charge >= 0.3 is 0 Å². The Morgan fingerprint density at radius 3 is 1.67 bits per heavy atom. The molecule has 2 aromatic heterocycles. The van der Waals surface area contributed by atoms with E-state index < -0.39 is 0 Å². The lowest BCUT2D eigenvalue weighted by molar-refractivity contribution is 0.0148. The number of aromatic nitrogens is 2. The second kappa shape index (κ2) is 24.6. The lowest BCUT2D eigenvalue weighted by atomic mass is 9.72. The van der Waals surface area contributed by atoms with Crippen molar-refractivity contribution in [3.63, 3.8) is 0 Å². The first-order valence-electron chi connectivity index (χ1n) is 21.6. The lowest BCUT2D eigenvalue weighted by Gasteiger charge is -2.32. The van der Waals surface area contributed by atoms with Crippen molar-refractivity contribution in [2.45, 2.75) is 143 Å². The van der Waals surface area contributed by atoms with Crippen LogP contribution in [0.5, 0.6) is 0 Å². The number of carbonyl (C=O) groups is 3. The topological polar surface area (TPSA) is 86.2 Å². The monoisotopic (exact) mass is 831 g/mol. The number of pyridine rings is 2. The minimum atomic E-state index is -0.339. The number of nitrogens with zero attached hydrogens (tertiary/aromatic N) is 2. The lowest BCUT2D eigenvalue weighted by Crippen LogP contribution is -2.21. The van der Waals surface area contributed by atoms with Gasteiger partial charge in [0.1, 0.15) is 5.69 Å². The summed E-state index contributed by atoms with van der Waals surface area (Å²) in [6.07, 6.45) is 21.9. The number of hydrogen-bond acceptors (Lipinski definition) is 6. The Balaban J connectivity index is 0.000000436. The van der Waals surface area contributed by atoms with Crippen molar-refractivity contribution >= 4 is 17.3 Å². The predicted molar refractivity (Wildman–Crippen MR) is 258 cm³/mol. The van der Waals surface area contributed by atoms with Gasteiger partial charge in [-0.2, -0.15) is 0 Å². The number of allylic oxidation sites excluding steroid dienone is 9. The van der Waals surface area contributed by atoms with Crippen LogP contribution in [0.1, 0.15) is 168 Å². The molecule has 1 aromatic carbocycles. The Bertz CT molecular complexity index is 1820. The van der Waals surface area contributed by atoms with Crippen LogP contribution in [-0.4, -0.2) is 39.5 Å². The van der Waals surface area contributed by atoms with Gasteiger partial charge in [-0.3, -0.25) is 24.4 Å². The van der Waals surface area contributed by atoms with Crippen LogP contribution in [0.25, 0.3) is 0 Å². The van der Waals surface area contributed by atoms with E-state index in [0.717, 1.165) is 11.1 Å². The third-order valence-corrected chi connectivity index (χ3v) is 9.61. The first-order valence-corrected chi connectivity index (χ1v) is 21.6. The Morgan fingerprint density at radius 1 is 0.672 bits per heavy atom. The van der Waals surface area contributed by atoms with Crippen LogP contribution in [0.4, 0.5) is 0 Å². The van der Waals surface area contributed by atoms with Crippen molar-refractivity contribution < 1.29 is 19.1 Å². The summed E-state index contributed by atoms with van der Waals surface area (Å²) in [4.78, 5) is 42.8. The van der Waals surface area contributed by atoms with Gasteiger partial charge in [0.15, 0.2) is 17.3 Å². The Kier molecular flexibility index (Phi) is 21.8. The van der Waals surface area contributed by atoms with Crippen LogP contribution in [0.15, 0.2) is 138 Å². The van der Waals surface area contributed by atoms with E-state index in [-0.39, 0.29) is 39.2 Å². The minimum Gasteiger partial charge on any atom is -0.372 e. The predicted octanol–water partition coefficient (Wildman–Crippen LogP) is 14.9. The largest absolute Gasteiger partial charge is 0.372 e. The summed E-state index contributed by atoms with van der Waals surface area (Å²) in [6, 6.07) is 18.3. The van der Waals surface area contributed by atoms with E-state index >= 15 is 0 Å². The third kappa shape index (κ3) is 22.0. The van der Waals surface area contributed by atoms with Crippen LogP contribution in [-0.2, 0) is 4.74 Å². The fourth-order valence-electron chi connectivity index (χ4n) is 5.96. The van der Waals surface area contributed by atoms with Gasteiger partial charge in [-0.25, -0.2) is 0 Å². The molecule has 0 amide bonds. The van der Waals surface area contributed by atoms with E-state index in [1.807, 2.05) is 98.7 Å². The molecule has 0 aliphatic heterocycles. The van der Waals surface area contributed by atoms with Crippen LogP contribution in [0.2, 0.25) is 0 Å². The highest BCUT2D eigenvalue weighted by Gasteiger charge is 2.27. The molecular formula is C55H78N2O4. The smallest absolute Gasteiger partial charge is 0.186 e. The molecule has 2 heterocycles. The molecule has 6 nitrogen and oxygen atoms in total. The summed E-state index contributed by atoms with van der Waals surface area (Å²) in [7, 11) is 0. The number of ether oxygens (including phenoxy) is 1. The molecule has 1 aliphatic rings. The molecule has 0 fully saturated rings. The maximum absolute atomic E-state index is 11.7. The molecule has 0 radical (unpaired) electrons. The summed E-state index contributed by atoms with van der Waals surface area (Å²) < 4.78 is 5.72. The van der Waals surface area contributed by atoms with Crippen LogP contribution in [0, 0.1) is 21.7 Å². The van der Waals surface area contributed by atoms with E-state index in [1.165, 1.54) is 36.0 Å². The molecule has 0 bridgehead atoms. The molecule has 0 unspecified atom stereocenters. The number of benzene rings is 1. The number of rotatable bonds is 9. The van der Waals surface area contributed by atoms with Crippen molar-refractivity contribution in [2.75, 3.05) is 6.61 Å². The molecular weight excluding hydrogens is 753 g/mol. The first kappa shape index (κ1) is 54.2. The third-order valence-electron chi connectivity index (χ3n) is 9.61. The Labute approximate surface area is 370 Å². The van der Waals surface area contributed by atoms with Crippen LogP contribution < -0.4 is 0 Å². The fraction of sp³-hybridized carbons (Fsp3) is 0.473. The van der Waals surface area contributed by atoms with Gasteiger partial charge in [0.05, 0.1) is 12.2 Å². The molecule has 0 atom stereocenters. The SMILES string of the molecule is CC(C)(C)C(=O)c1ccccc1.CC(C)(C)C(=O)c1ccccn1.CC(C)(C)C(=O)c1ccncc1.CC1=C(/C=C/C(C)=C/C=C/C(C)=C/COC(C)(C)C)C(C)(C)CCC1. The highest BCUT2D eigenvalue weighted by Crippen LogP contribution is 2.40. The van der Waals surface area contributed by atoms with Crippen molar-refractivity contribution in [1.29, 1.82) is 0 Å². The van der Waals surface area contributed by atoms with E-state index in [9.17, 15) is 14.4 Å². The maximum atomic E-state index is 11.7. The number of carbonyl (C=O) groups excluding carboxylic acids is 3. The quantitative estimate of drug-likeness (QED) is 0.158. The zero-order valence-corrected chi connectivity index (χ0v) is 40.8. The summed E-state index contributed by atoms with van der Waals surface area (Å²) >= 11 is 0. The summed E-state index contributed by atoms with van der Waals surface area (Å²) in [5.74, 6) is 0.441. The molecule has 1 aliphatic carbocycles. The second-order valence-corrected chi connectivity index (χ2v) is 20.5. The Morgan fingerprint density at radius 2 is 1.20 bits per heavy atom. The van der Waals surface area contributed by atoms with Gasteiger partial charge in [-0.05, 0) is 96.1 Å². The normalized spacial score (nSPS) is 14.9. The first-order chi connectivity index (χ1) is 28.1. The van der Waals surface area contributed by atoms with Crippen molar-refractivity contribution in [3.8, 4) is 0 Å². The highest BCUT2D eigenvalue weighted by molar-refractivity contribution is 6.00. The van der Waals surface area contributed by atoms with Crippen LogP contribution >= 0.6 is 0 Å². The molecule has 3 aromatic rings. The number of ketones is 3. The average Bonchev–Trinajstić information content (AvgIpc) is 3.17. The van der Waals surface area contributed by atoms with Gasteiger partial charge in [0.25, 0.3) is 0 Å². The zero-order valence-electron chi connectivity index (χ0n) is 40.8. The molecule has 0 saturated carbocycles. The van der Waals surface area contributed by atoms with Crippen molar-refractivity contribution in [3.05, 3.63) is 155 Å². The standard InChI is InChI=1S/C24H38O.C11H14O.2C10H13NO/c1-19(11-9-12-20(2)16-18-25-23(4,5)6)14-15-22-21(3)13-10-17-24(22,7)8;1-11(2,3)10(12)9-7-5-4-6-8-9;1-10(2,3)9(12)8-4-6-11-7-5-8;1-10(2,3)9(12)8-6-4-5-7-11-8/h9,11-12,14-16H,10,13,17-18H2,1-8H3;4-8H,1-3H3;2*4-7H,1-3H3/b12-9+,15-14+,19-11+,20-16+;;;. The van der Waals surface area contributed by atoms with E-state index in [2.05, 4.69) is 102 Å². The average molecular weight is 831 g/mol. The summed E-state index contributed by atoms with van der Waals surface area (Å²) in [5, 5.41) is 0. The summed E-state index contributed by atoms with van der Waals surface area (Å²) in [5.41, 5.74) is 6.95. The second-order valence-electron chi connectivity index (χ2n) is 20.5. The molecule has 0 saturated heterocycles. The van der Waals surface area contributed by atoms with E-state index in [0.29, 0.717) is 17.7 Å². The zero-order chi connectivity index (χ0) is 46.7. The molecule has 4 rings (SSSR count). The van der Waals surface area contributed by atoms with E-state index in [4.69, 9.17) is 4.74 Å². The van der Waals surface area contributed by atoms with Gasteiger partial charge in [0.2, 0.25) is 0 Å². The molecule has 6 heteroatoms. The van der Waals surface area contributed by atoms with Gasteiger partial charge < -0.3 is 4.74 Å². The fourth-order valence-corrected chi connectivity index (χ4v) is 5.96. The number of Topliss-reactive ketones (excluding diaryl/α,β-unsaturated/α-hetero) is 3. The van der Waals surface area contributed by atoms with E-state index in [1.54, 1.807) is 48.4 Å².